The number of hydrogen-bond acceptors (Lipinski definition) is 2. The first kappa shape index (κ1) is 13.8. The number of nitrogens with one attached hydrogen (secondary N) is 1. The van der Waals surface area contributed by atoms with Crippen molar-refractivity contribution in [1.29, 1.82) is 0 Å². The summed E-state index contributed by atoms with van der Waals surface area (Å²) in [5, 5.41) is 3.66. The molecule has 2 atom stereocenters. The van der Waals surface area contributed by atoms with Gasteiger partial charge in [-0.2, -0.15) is 0 Å². The molecular formula is C19H28N2. The summed E-state index contributed by atoms with van der Waals surface area (Å²) in [6, 6.07) is 9.88. The maximum Gasteiger partial charge on any atom is 0.0139 e. The lowest BCUT2D eigenvalue weighted by Gasteiger charge is -2.48. The van der Waals surface area contributed by atoms with E-state index in [-0.39, 0.29) is 0 Å². The number of aryl methyl sites for hydroxylation is 1. The van der Waals surface area contributed by atoms with Crippen molar-refractivity contribution in [2.75, 3.05) is 26.2 Å². The van der Waals surface area contributed by atoms with Crippen molar-refractivity contribution in [2.45, 2.75) is 51.0 Å². The summed E-state index contributed by atoms with van der Waals surface area (Å²) in [6.45, 7) is 5.16. The Kier molecular flexibility index (Phi) is 3.76. The summed E-state index contributed by atoms with van der Waals surface area (Å²) in [6.07, 6.45) is 9.59. The van der Waals surface area contributed by atoms with Crippen LogP contribution in [-0.4, -0.2) is 37.1 Å². The quantitative estimate of drug-likeness (QED) is 0.853. The number of hydrogen-bond donors (Lipinski definition) is 1. The van der Waals surface area contributed by atoms with E-state index in [0.29, 0.717) is 5.41 Å². The third-order valence-electron chi connectivity index (χ3n) is 6.09. The highest BCUT2D eigenvalue weighted by atomic mass is 15.2. The van der Waals surface area contributed by atoms with Gasteiger partial charge in [0.2, 0.25) is 0 Å². The summed E-state index contributed by atoms with van der Waals surface area (Å²) in [7, 11) is 0. The molecule has 3 aliphatic rings. The molecular weight excluding hydrogens is 256 g/mol. The minimum atomic E-state index is 0.591. The Bertz CT molecular complexity index is 485. The highest BCUT2D eigenvalue weighted by Crippen LogP contribution is 2.38. The molecule has 4 rings (SSSR count). The SMILES string of the molecule is c1ccc2c(c1)CCC(N1CCCC3(CCCNC3)C1)C2. The first-order valence-corrected chi connectivity index (χ1v) is 8.86. The Balaban J connectivity index is 1.47. The fraction of sp³-hybridized carbons (Fsp3) is 0.684. The fourth-order valence-corrected chi connectivity index (χ4v) is 4.93. The van der Waals surface area contributed by atoms with E-state index in [4.69, 9.17) is 0 Å². The van der Waals surface area contributed by atoms with E-state index in [1.54, 1.807) is 11.1 Å². The average Bonchev–Trinajstić information content (AvgIpc) is 2.55. The summed E-state index contributed by atoms with van der Waals surface area (Å²) >= 11 is 0. The van der Waals surface area contributed by atoms with Crippen LogP contribution in [0, 0.1) is 5.41 Å². The number of fused-ring (bicyclic) bond motifs is 1. The van der Waals surface area contributed by atoms with Gasteiger partial charge in [0, 0.05) is 19.1 Å². The lowest BCUT2D eigenvalue weighted by Crippen LogP contribution is -2.54. The van der Waals surface area contributed by atoms with Crippen molar-refractivity contribution in [1.82, 2.24) is 10.2 Å². The van der Waals surface area contributed by atoms with Gasteiger partial charge in [-0.15, -0.1) is 0 Å². The number of benzene rings is 1. The van der Waals surface area contributed by atoms with E-state index < -0.39 is 0 Å². The molecule has 1 spiro atoms. The molecule has 0 bridgehead atoms. The van der Waals surface area contributed by atoms with Crippen LogP contribution in [0.3, 0.4) is 0 Å². The van der Waals surface area contributed by atoms with Gasteiger partial charge in [-0.1, -0.05) is 24.3 Å². The highest BCUT2D eigenvalue weighted by molar-refractivity contribution is 5.30. The van der Waals surface area contributed by atoms with E-state index in [1.165, 1.54) is 71.1 Å². The van der Waals surface area contributed by atoms with E-state index >= 15 is 0 Å². The first-order valence-electron chi connectivity index (χ1n) is 8.86. The monoisotopic (exact) mass is 284 g/mol. The Hall–Kier alpha value is -0.860. The number of piperidine rings is 2. The van der Waals surface area contributed by atoms with Gasteiger partial charge in [0.25, 0.3) is 0 Å². The van der Waals surface area contributed by atoms with Gasteiger partial charge >= 0.3 is 0 Å². The lowest BCUT2D eigenvalue weighted by molar-refractivity contribution is 0.0334. The summed E-state index contributed by atoms with van der Waals surface area (Å²) in [4.78, 5) is 2.84. The molecule has 114 valence electrons. The minimum absolute atomic E-state index is 0.591. The Morgan fingerprint density at radius 3 is 2.81 bits per heavy atom. The van der Waals surface area contributed by atoms with Gasteiger partial charge < -0.3 is 5.32 Å². The predicted octanol–water partition coefficient (Wildman–Crippen LogP) is 3.01. The van der Waals surface area contributed by atoms with Crippen LogP contribution in [-0.2, 0) is 12.8 Å². The van der Waals surface area contributed by atoms with Crippen molar-refractivity contribution < 1.29 is 0 Å². The molecule has 1 aromatic carbocycles. The Labute approximate surface area is 128 Å². The van der Waals surface area contributed by atoms with E-state index in [0.717, 1.165) is 6.04 Å². The number of likely N-dealkylation sites (tertiary alicyclic amines) is 1. The molecule has 0 aromatic heterocycles. The van der Waals surface area contributed by atoms with Crippen molar-refractivity contribution >= 4 is 0 Å². The van der Waals surface area contributed by atoms with Crippen molar-refractivity contribution in [3.8, 4) is 0 Å². The zero-order valence-corrected chi connectivity index (χ0v) is 13.1. The molecule has 1 aliphatic carbocycles. The van der Waals surface area contributed by atoms with Gasteiger partial charge in [0.1, 0.15) is 0 Å². The van der Waals surface area contributed by atoms with Crippen LogP contribution < -0.4 is 5.32 Å². The van der Waals surface area contributed by atoms with E-state index in [9.17, 15) is 0 Å². The molecule has 1 aromatic rings. The van der Waals surface area contributed by atoms with Crippen LogP contribution in [0.5, 0.6) is 0 Å². The molecule has 0 saturated carbocycles. The maximum atomic E-state index is 3.66. The molecule has 21 heavy (non-hydrogen) atoms. The molecule has 1 N–H and O–H groups in total. The smallest absolute Gasteiger partial charge is 0.0139 e. The van der Waals surface area contributed by atoms with Crippen LogP contribution in [0.1, 0.15) is 43.2 Å². The van der Waals surface area contributed by atoms with Crippen LogP contribution in [0.2, 0.25) is 0 Å². The van der Waals surface area contributed by atoms with Crippen LogP contribution >= 0.6 is 0 Å². The maximum absolute atomic E-state index is 3.66. The van der Waals surface area contributed by atoms with Gasteiger partial charge in [-0.25, -0.2) is 0 Å². The lowest BCUT2D eigenvalue weighted by atomic mass is 9.73. The van der Waals surface area contributed by atoms with Gasteiger partial charge in [0.05, 0.1) is 0 Å². The van der Waals surface area contributed by atoms with Gasteiger partial charge in [-0.3, -0.25) is 4.90 Å². The van der Waals surface area contributed by atoms with E-state index in [2.05, 4.69) is 34.5 Å². The average molecular weight is 284 g/mol. The Morgan fingerprint density at radius 2 is 1.95 bits per heavy atom. The second-order valence-electron chi connectivity index (χ2n) is 7.52. The van der Waals surface area contributed by atoms with Crippen LogP contribution in [0.4, 0.5) is 0 Å². The normalized spacial score (nSPS) is 33.8. The third kappa shape index (κ3) is 2.76. The van der Waals surface area contributed by atoms with Gasteiger partial charge in [-0.05, 0) is 74.6 Å². The second-order valence-corrected chi connectivity index (χ2v) is 7.52. The minimum Gasteiger partial charge on any atom is -0.316 e. The van der Waals surface area contributed by atoms with Crippen LogP contribution in [0.15, 0.2) is 24.3 Å². The van der Waals surface area contributed by atoms with E-state index in [1.807, 2.05) is 0 Å². The molecule has 2 aliphatic heterocycles. The number of rotatable bonds is 1. The van der Waals surface area contributed by atoms with Crippen molar-refractivity contribution in [3.05, 3.63) is 35.4 Å². The molecule has 2 heterocycles. The first-order chi connectivity index (χ1) is 10.3. The molecule has 2 saturated heterocycles. The van der Waals surface area contributed by atoms with Crippen molar-refractivity contribution in [3.63, 3.8) is 0 Å². The molecule has 2 fully saturated rings. The molecule has 0 amide bonds. The predicted molar refractivity (Wildman–Crippen MR) is 87.6 cm³/mol. The van der Waals surface area contributed by atoms with Crippen LogP contribution in [0.25, 0.3) is 0 Å². The number of nitrogens with zero attached hydrogens (tertiary/aromatic N) is 1. The summed E-state index contributed by atoms with van der Waals surface area (Å²) < 4.78 is 0. The zero-order valence-electron chi connectivity index (χ0n) is 13.1. The third-order valence-corrected chi connectivity index (χ3v) is 6.09. The topological polar surface area (TPSA) is 15.3 Å². The molecule has 0 radical (unpaired) electrons. The Morgan fingerprint density at radius 1 is 1.10 bits per heavy atom. The second kappa shape index (κ2) is 5.73. The fourth-order valence-electron chi connectivity index (χ4n) is 4.93. The molecule has 2 unspecified atom stereocenters. The standard InChI is InChI=1S/C19H28N2/c1-2-6-17-13-18(8-7-16(17)5-1)21-12-4-10-19(15-21)9-3-11-20-14-19/h1-2,5-6,18,20H,3-4,7-15H2. The zero-order chi connectivity index (χ0) is 14.1. The van der Waals surface area contributed by atoms with Crippen molar-refractivity contribution in [2.24, 2.45) is 5.41 Å². The largest absolute Gasteiger partial charge is 0.316 e. The van der Waals surface area contributed by atoms with Gasteiger partial charge in [0.15, 0.2) is 0 Å². The molecule has 2 heteroatoms. The summed E-state index contributed by atoms with van der Waals surface area (Å²) in [5.41, 5.74) is 3.79. The molecule has 2 nitrogen and oxygen atoms in total. The summed E-state index contributed by atoms with van der Waals surface area (Å²) in [5.74, 6) is 0. The highest BCUT2D eigenvalue weighted by Gasteiger charge is 2.38.